The molecule has 1 aliphatic heterocycles. The molecule has 1 aliphatic rings. The lowest BCUT2D eigenvalue weighted by molar-refractivity contribution is -0.120. The predicted octanol–water partition coefficient (Wildman–Crippen LogP) is 4.72. The van der Waals surface area contributed by atoms with Gasteiger partial charge in [0.2, 0.25) is 5.91 Å². The van der Waals surface area contributed by atoms with Gasteiger partial charge >= 0.3 is 0 Å². The molecule has 2 aromatic heterocycles. The SMILES string of the molecule is O=C(Cc1cn(-c2ccc(N3CCc4ccccc4C3)nn2)c2ccccc12)NCCOc1ccccc1. The van der Waals surface area contributed by atoms with Gasteiger partial charge in [0.15, 0.2) is 11.6 Å². The van der Waals surface area contributed by atoms with Gasteiger partial charge in [0, 0.05) is 24.7 Å². The van der Waals surface area contributed by atoms with Crippen molar-refractivity contribution >= 4 is 22.6 Å². The number of carbonyl (C=O) groups excluding carboxylic acids is 1. The van der Waals surface area contributed by atoms with Crippen LogP contribution in [0, 0.1) is 0 Å². The van der Waals surface area contributed by atoms with Crippen LogP contribution in [0.3, 0.4) is 0 Å². The summed E-state index contributed by atoms with van der Waals surface area (Å²) < 4.78 is 7.68. The van der Waals surface area contributed by atoms with Crippen molar-refractivity contribution in [2.45, 2.75) is 19.4 Å². The number of para-hydroxylation sites is 2. The second-order valence-corrected chi connectivity index (χ2v) is 9.42. The van der Waals surface area contributed by atoms with Crippen LogP contribution < -0.4 is 15.0 Å². The topological polar surface area (TPSA) is 72.3 Å². The van der Waals surface area contributed by atoms with E-state index in [9.17, 15) is 4.79 Å². The first-order valence-corrected chi connectivity index (χ1v) is 12.9. The van der Waals surface area contributed by atoms with E-state index in [0.29, 0.717) is 13.2 Å². The van der Waals surface area contributed by atoms with Gasteiger partial charge in [0.1, 0.15) is 12.4 Å². The number of hydrogen-bond acceptors (Lipinski definition) is 5. The van der Waals surface area contributed by atoms with Crippen molar-refractivity contribution in [3.05, 3.63) is 114 Å². The molecular weight excluding hydrogens is 474 g/mol. The lowest BCUT2D eigenvalue weighted by atomic mass is 10.00. The minimum absolute atomic E-state index is 0.0450. The fourth-order valence-corrected chi connectivity index (χ4v) is 5.00. The molecule has 7 nitrogen and oxygen atoms in total. The van der Waals surface area contributed by atoms with E-state index in [1.165, 1.54) is 11.1 Å². The minimum Gasteiger partial charge on any atom is -0.492 e. The van der Waals surface area contributed by atoms with Crippen LogP contribution in [0.5, 0.6) is 5.75 Å². The Bertz CT molecular complexity index is 1550. The van der Waals surface area contributed by atoms with Gasteiger partial charge in [-0.3, -0.25) is 9.36 Å². The molecule has 190 valence electrons. The number of nitrogens with zero attached hydrogens (tertiary/aromatic N) is 4. The van der Waals surface area contributed by atoms with Crippen LogP contribution in [-0.2, 0) is 24.2 Å². The molecule has 3 heterocycles. The van der Waals surface area contributed by atoms with Crippen molar-refractivity contribution in [3.63, 3.8) is 0 Å². The number of fused-ring (bicyclic) bond motifs is 2. The smallest absolute Gasteiger partial charge is 0.224 e. The van der Waals surface area contributed by atoms with Crippen LogP contribution in [0.2, 0.25) is 0 Å². The Labute approximate surface area is 221 Å². The number of benzene rings is 3. The van der Waals surface area contributed by atoms with E-state index in [4.69, 9.17) is 4.74 Å². The monoisotopic (exact) mass is 503 g/mol. The van der Waals surface area contributed by atoms with Gasteiger partial charge in [-0.2, -0.15) is 0 Å². The first-order chi connectivity index (χ1) is 18.7. The second kappa shape index (κ2) is 10.8. The molecule has 1 amide bonds. The number of nitrogens with one attached hydrogen (secondary N) is 1. The van der Waals surface area contributed by atoms with Gasteiger partial charge in [0.05, 0.1) is 18.5 Å². The van der Waals surface area contributed by atoms with Crippen LogP contribution in [0.4, 0.5) is 5.82 Å². The van der Waals surface area contributed by atoms with E-state index in [2.05, 4.69) is 44.7 Å². The number of hydrogen-bond donors (Lipinski definition) is 1. The molecule has 0 unspecified atom stereocenters. The fourth-order valence-electron chi connectivity index (χ4n) is 5.00. The maximum Gasteiger partial charge on any atom is 0.224 e. The summed E-state index contributed by atoms with van der Waals surface area (Å²) in [5, 5.41) is 13.1. The van der Waals surface area contributed by atoms with Crippen LogP contribution in [-0.4, -0.2) is 40.4 Å². The molecule has 0 radical (unpaired) electrons. The highest BCUT2D eigenvalue weighted by Crippen LogP contribution is 2.26. The molecule has 1 N–H and O–H groups in total. The Morgan fingerprint density at radius 1 is 0.842 bits per heavy atom. The third-order valence-electron chi connectivity index (χ3n) is 6.92. The summed E-state index contributed by atoms with van der Waals surface area (Å²) in [6.07, 6.45) is 3.27. The first-order valence-electron chi connectivity index (χ1n) is 12.9. The molecule has 0 spiro atoms. The zero-order valence-corrected chi connectivity index (χ0v) is 21.1. The number of carbonyl (C=O) groups is 1. The Balaban J connectivity index is 1.14. The highest BCUT2D eigenvalue weighted by molar-refractivity contribution is 5.90. The Hall–Kier alpha value is -4.65. The molecule has 6 rings (SSSR count). The molecule has 5 aromatic rings. The maximum absolute atomic E-state index is 12.7. The number of anilines is 1. The van der Waals surface area contributed by atoms with E-state index in [1.807, 2.05) is 77.5 Å². The van der Waals surface area contributed by atoms with Gasteiger partial charge in [-0.15, -0.1) is 10.2 Å². The van der Waals surface area contributed by atoms with Crippen molar-refractivity contribution < 1.29 is 9.53 Å². The first kappa shape index (κ1) is 23.7. The molecular formula is C31H29N5O2. The normalized spacial score (nSPS) is 12.8. The van der Waals surface area contributed by atoms with Gasteiger partial charge < -0.3 is 15.0 Å². The largest absolute Gasteiger partial charge is 0.492 e. The van der Waals surface area contributed by atoms with Crippen LogP contribution >= 0.6 is 0 Å². The minimum atomic E-state index is -0.0450. The summed E-state index contributed by atoms with van der Waals surface area (Å²) in [6, 6.07) is 30.3. The zero-order chi connectivity index (χ0) is 25.7. The van der Waals surface area contributed by atoms with E-state index in [1.54, 1.807) is 0 Å². The second-order valence-electron chi connectivity index (χ2n) is 9.42. The third-order valence-corrected chi connectivity index (χ3v) is 6.92. The van der Waals surface area contributed by atoms with Gasteiger partial charge in [-0.1, -0.05) is 60.7 Å². The van der Waals surface area contributed by atoms with Crippen molar-refractivity contribution in [3.8, 4) is 11.6 Å². The van der Waals surface area contributed by atoms with Gasteiger partial charge in [-0.25, -0.2) is 0 Å². The summed E-state index contributed by atoms with van der Waals surface area (Å²) in [5.41, 5.74) is 4.69. The standard InChI is InChI=1S/C31H29N5O2/c37-31(32-17-19-38-26-10-2-1-3-11-26)20-25-22-36(28-13-7-6-12-27(25)28)30-15-14-29(33-34-30)35-18-16-23-8-4-5-9-24(23)21-35/h1-15,22H,16-21H2,(H,32,37). The molecule has 0 aliphatic carbocycles. The summed E-state index contributed by atoms with van der Waals surface area (Å²) in [7, 11) is 0. The van der Waals surface area contributed by atoms with Crippen LogP contribution in [0.1, 0.15) is 16.7 Å². The van der Waals surface area contributed by atoms with E-state index in [-0.39, 0.29) is 12.3 Å². The molecule has 0 bridgehead atoms. The number of ether oxygens (including phenoxy) is 1. The van der Waals surface area contributed by atoms with Crippen LogP contribution in [0.25, 0.3) is 16.7 Å². The summed E-state index contributed by atoms with van der Waals surface area (Å²) >= 11 is 0. The average molecular weight is 504 g/mol. The number of amides is 1. The van der Waals surface area contributed by atoms with Gasteiger partial charge in [-0.05, 0) is 53.4 Å². The van der Waals surface area contributed by atoms with Crippen molar-refractivity contribution in [1.29, 1.82) is 0 Å². The molecule has 0 saturated heterocycles. The average Bonchev–Trinajstić information content (AvgIpc) is 3.34. The fraction of sp³-hybridized carbons (Fsp3) is 0.194. The lowest BCUT2D eigenvalue weighted by Gasteiger charge is -2.29. The molecule has 3 aromatic carbocycles. The van der Waals surface area contributed by atoms with Gasteiger partial charge in [0.25, 0.3) is 0 Å². The van der Waals surface area contributed by atoms with Crippen molar-refractivity contribution in [2.75, 3.05) is 24.6 Å². The lowest BCUT2D eigenvalue weighted by Crippen LogP contribution is -2.31. The van der Waals surface area contributed by atoms with E-state index >= 15 is 0 Å². The number of rotatable bonds is 8. The van der Waals surface area contributed by atoms with Crippen LogP contribution in [0.15, 0.2) is 97.2 Å². The molecule has 0 saturated carbocycles. The number of aromatic nitrogens is 3. The zero-order valence-electron chi connectivity index (χ0n) is 21.1. The maximum atomic E-state index is 12.7. The Morgan fingerprint density at radius 2 is 1.58 bits per heavy atom. The molecule has 38 heavy (non-hydrogen) atoms. The third kappa shape index (κ3) is 5.09. The summed E-state index contributed by atoms with van der Waals surface area (Å²) in [4.78, 5) is 15.0. The van der Waals surface area contributed by atoms with Crippen molar-refractivity contribution in [2.24, 2.45) is 0 Å². The molecule has 0 fully saturated rings. The highest BCUT2D eigenvalue weighted by Gasteiger charge is 2.18. The quantitative estimate of drug-likeness (QED) is 0.310. The van der Waals surface area contributed by atoms with E-state index in [0.717, 1.165) is 53.4 Å². The van der Waals surface area contributed by atoms with E-state index < -0.39 is 0 Å². The highest BCUT2D eigenvalue weighted by atomic mass is 16.5. The Morgan fingerprint density at radius 3 is 2.42 bits per heavy atom. The predicted molar refractivity (Wildman–Crippen MR) is 149 cm³/mol. The molecule has 0 atom stereocenters. The summed E-state index contributed by atoms with van der Waals surface area (Å²) in [6.45, 7) is 2.63. The Kier molecular flexibility index (Phi) is 6.72. The van der Waals surface area contributed by atoms with Crippen molar-refractivity contribution in [1.82, 2.24) is 20.1 Å². The summed E-state index contributed by atoms with van der Waals surface area (Å²) in [5.74, 6) is 2.35. The molecule has 7 heteroatoms.